The minimum Gasteiger partial charge on any atom is -0.487 e. The summed E-state index contributed by atoms with van der Waals surface area (Å²) < 4.78 is 7.12. The summed E-state index contributed by atoms with van der Waals surface area (Å²) in [7, 11) is 0. The summed E-state index contributed by atoms with van der Waals surface area (Å²) >= 11 is 3.44. The summed E-state index contributed by atoms with van der Waals surface area (Å²) in [4.78, 5) is 14.8. The number of halogens is 1. The van der Waals surface area contributed by atoms with Gasteiger partial charge in [-0.3, -0.25) is 4.79 Å². The highest BCUT2D eigenvalue weighted by atomic mass is 79.9. The number of carbonyl (C=O) groups excluding carboxylic acids is 1. The van der Waals surface area contributed by atoms with Crippen molar-refractivity contribution in [3.63, 3.8) is 0 Å². The highest BCUT2D eigenvalue weighted by Gasteiger charge is 2.33. The Morgan fingerprint density at radius 2 is 1.88 bits per heavy atom. The zero-order valence-corrected chi connectivity index (χ0v) is 16.1. The number of nitrogens with zero attached hydrogens (tertiary/aromatic N) is 1. The Kier molecular flexibility index (Phi) is 5.00. The predicted molar refractivity (Wildman–Crippen MR) is 103 cm³/mol. The molecular formula is C21H22BrNO3. The molecule has 2 aliphatic rings. The van der Waals surface area contributed by atoms with E-state index >= 15 is 0 Å². The number of aliphatic hydroxyl groups is 1. The van der Waals surface area contributed by atoms with E-state index in [1.807, 2.05) is 47.4 Å². The highest BCUT2D eigenvalue weighted by molar-refractivity contribution is 9.10. The molecule has 0 saturated heterocycles. The average Bonchev–Trinajstić information content (AvgIpc) is 2.96. The lowest BCUT2D eigenvalue weighted by molar-refractivity contribution is 0.00636. The lowest BCUT2D eigenvalue weighted by atomic mass is 9.94. The maximum absolute atomic E-state index is 13.0. The van der Waals surface area contributed by atoms with Crippen LogP contribution in [0.1, 0.15) is 47.2 Å². The number of hydrogen-bond acceptors (Lipinski definition) is 3. The van der Waals surface area contributed by atoms with Crippen molar-refractivity contribution in [2.24, 2.45) is 0 Å². The van der Waals surface area contributed by atoms with Crippen LogP contribution in [0.15, 0.2) is 46.9 Å². The fourth-order valence-electron chi connectivity index (χ4n) is 3.80. The molecule has 0 radical (unpaired) electrons. The Balaban J connectivity index is 1.53. The van der Waals surface area contributed by atoms with E-state index in [2.05, 4.69) is 15.9 Å². The smallest absolute Gasteiger partial charge is 0.258 e. The summed E-state index contributed by atoms with van der Waals surface area (Å²) in [6.07, 6.45) is 3.03. The van der Waals surface area contributed by atoms with Gasteiger partial charge >= 0.3 is 0 Å². The summed E-state index contributed by atoms with van der Waals surface area (Å²) in [6.45, 7) is 1.17. The van der Waals surface area contributed by atoms with Crippen LogP contribution in [0.2, 0.25) is 0 Å². The summed E-state index contributed by atoms with van der Waals surface area (Å²) in [5, 5.41) is 10.2. The fraction of sp³-hybridized carbons (Fsp3) is 0.381. The Labute approximate surface area is 161 Å². The van der Waals surface area contributed by atoms with Gasteiger partial charge in [0.05, 0.1) is 11.7 Å². The van der Waals surface area contributed by atoms with Gasteiger partial charge < -0.3 is 14.7 Å². The zero-order chi connectivity index (χ0) is 18.1. The molecular weight excluding hydrogens is 394 g/mol. The van der Waals surface area contributed by atoms with E-state index in [-0.39, 0.29) is 12.0 Å². The number of amides is 1. The quantitative estimate of drug-likeness (QED) is 0.809. The first-order valence-electron chi connectivity index (χ1n) is 9.12. The largest absolute Gasteiger partial charge is 0.487 e. The number of fused-ring (bicyclic) bond motifs is 1. The van der Waals surface area contributed by atoms with Gasteiger partial charge in [0.1, 0.15) is 11.9 Å². The number of rotatable bonds is 4. The average molecular weight is 416 g/mol. The number of ether oxygens (including phenoxy) is 1. The van der Waals surface area contributed by atoms with E-state index in [1.54, 1.807) is 0 Å². The molecule has 5 heteroatoms. The van der Waals surface area contributed by atoms with Crippen LogP contribution in [0.25, 0.3) is 0 Å². The Morgan fingerprint density at radius 3 is 2.65 bits per heavy atom. The van der Waals surface area contributed by atoms with Gasteiger partial charge in [0.2, 0.25) is 0 Å². The van der Waals surface area contributed by atoms with Crippen LogP contribution in [0, 0.1) is 0 Å². The Hall–Kier alpha value is -1.85. The van der Waals surface area contributed by atoms with Crippen molar-refractivity contribution < 1.29 is 14.6 Å². The van der Waals surface area contributed by atoms with Gasteiger partial charge in [0, 0.05) is 17.6 Å². The van der Waals surface area contributed by atoms with E-state index in [0.717, 1.165) is 41.3 Å². The van der Waals surface area contributed by atoms with Crippen molar-refractivity contribution in [1.82, 2.24) is 4.90 Å². The van der Waals surface area contributed by atoms with Gasteiger partial charge in [0.15, 0.2) is 0 Å². The van der Waals surface area contributed by atoms with E-state index in [9.17, 15) is 9.90 Å². The van der Waals surface area contributed by atoms with Crippen molar-refractivity contribution in [1.29, 1.82) is 0 Å². The molecule has 4 rings (SSSR count). The molecule has 2 atom stereocenters. The second kappa shape index (κ2) is 7.41. The van der Waals surface area contributed by atoms with Crippen molar-refractivity contribution in [3.8, 4) is 5.75 Å². The van der Waals surface area contributed by atoms with E-state index < -0.39 is 6.10 Å². The first-order chi connectivity index (χ1) is 12.6. The third kappa shape index (κ3) is 3.51. The third-order valence-corrected chi connectivity index (χ3v) is 5.74. The van der Waals surface area contributed by atoms with Gasteiger partial charge in [-0.15, -0.1) is 0 Å². The van der Waals surface area contributed by atoms with Crippen LogP contribution in [0.3, 0.4) is 0 Å². The van der Waals surface area contributed by atoms with Gasteiger partial charge in [-0.05, 0) is 48.6 Å². The molecule has 4 nitrogen and oxygen atoms in total. The maximum Gasteiger partial charge on any atom is 0.258 e. The molecule has 0 unspecified atom stereocenters. The van der Waals surface area contributed by atoms with Crippen LogP contribution in [0.4, 0.5) is 0 Å². The van der Waals surface area contributed by atoms with Crippen LogP contribution in [-0.2, 0) is 13.1 Å². The first-order valence-corrected chi connectivity index (χ1v) is 9.91. The third-order valence-electron chi connectivity index (χ3n) is 5.21. The SMILES string of the molecule is O=C1c2c(cccc2O[C@@H]2CCCC[C@H]2O)CN1Cc1ccc(Br)cc1. The van der Waals surface area contributed by atoms with Gasteiger partial charge in [-0.2, -0.15) is 0 Å². The number of hydrogen-bond donors (Lipinski definition) is 1. The lowest BCUT2D eigenvalue weighted by Gasteiger charge is -2.28. The summed E-state index contributed by atoms with van der Waals surface area (Å²) in [5.41, 5.74) is 2.75. The molecule has 1 N–H and O–H groups in total. The molecule has 0 bridgehead atoms. The molecule has 1 aliphatic carbocycles. The minimum atomic E-state index is -0.449. The second-order valence-electron chi connectivity index (χ2n) is 7.09. The zero-order valence-electron chi connectivity index (χ0n) is 14.5. The van der Waals surface area contributed by atoms with Gasteiger partial charge in [-0.25, -0.2) is 0 Å². The minimum absolute atomic E-state index is 0.00354. The second-order valence-corrected chi connectivity index (χ2v) is 8.00. The Morgan fingerprint density at radius 1 is 1.12 bits per heavy atom. The molecule has 136 valence electrons. The standard InChI is InChI=1S/C21H22BrNO3/c22-16-10-8-14(9-11-16)12-23-13-15-4-3-7-19(20(15)21(23)25)26-18-6-2-1-5-17(18)24/h3-4,7-11,17-18,24H,1-2,5-6,12-13H2/t17-,18-/m1/s1. The van der Waals surface area contributed by atoms with Gasteiger partial charge in [-0.1, -0.05) is 46.6 Å². The normalized spacial score (nSPS) is 22.4. The molecule has 1 heterocycles. The summed E-state index contributed by atoms with van der Waals surface area (Å²) in [6, 6.07) is 13.8. The molecule has 2 aromatic rings. The van der Waals surface area contributed by atoms with E-state index in [0.29, 0.717) is 24.4 Å². The lowest BCUT2D eigenvalue weighted by Crippen LogP contribution is -2.35. The molecule has 1 amide bonds. The van der Waals surface area contributed by atoms with Crippen LogP contribution in [-0.4, -0.2) is 28.1 Å². The van der Waals surface area contributed by atoms with Crippen molar-refractivity contribution in [2.45, 2.75) is 51.0 Å². The van der Waals surface area contributed by atoms with Crippen LogP contribution < -0.4 is 4.74 Å². The van der Waals surface area contributed by atoms with Crippen LogP contribution >= 0.6 is 15.9 Å². The van der Waals surface area contributed by atoms with Crippen molar-refractivity contribution in [2.75, 3.05) is 0 Å². The molecule has 1 fully saturated rings. The van der Waals surface area contributed by atoms with Crippen molar-refractivity contribution in [3.05, 3.63) is 63.6 Å². The van der Waals surface area contributed by atoms with Gasteiger partial charge in [0.25, 0.3) is 5.91 Å². The number of aliphatic hydroxyl groups excluding tert-OH is 1. The Bertz CT molecular complexity index is 805. The maximum atomic E-state index is 13.0. The summed E-state index contributed by atoms with van der Waals surface area (Å²) in [5.74, 6) is 0.612. The topological polar surface area (TPSA) is 49.8 Å². The first kappa shape index (κ1) is 17.6. The number of benzene rings is 2. The van der Waals surface area contributed by atoms with Crippen LogP contribution in [0.5, 0.6) is 5.75 Å². The number of carbonyl (C=O) groups is 1. The van der Waals surface area contributed by atoms with E-state index in [1.165, 1.54) is 0 Å². The molecule has 1 saturated carbocycles. The van der Waals surface area contributed by atoms with Crippen molar-refractivity contribution >= 4 is 21.8 Å². The molecule has 0 spiro atoms. The fourth-order valence-corrected chi connectivity index (χ4v) is 4.06. The highest BCUT2D eigenvalue weighted by Crippen LogP contribution is 2.34. The molecule has 0 aromatic heterocycles. The molecule has 26 heavy (non-hydrogen) atoms. The predicted octanol–water partition coefficient (Wildman–Crippen LogP) is 4.29. The van der Waals surface area contributed by atoms with E-state index in [4.69, 9.17) is 4.74 Å². The monoisotopic (exact) mass is 415 g/mol. The molecule has 1 aliphatic heterocycles. The molecule has 2 aromatic carbocycles.